The molecule has 6 heteroatoms. The lowest BCUT2D eigenvalue weighted by Gasteiger charge is -2.33. The molecule has 0 radical (unpaired) electrons. The number of fused-ring (bicyclic) bond motifs is 24. The largest absolute Gasteiger partial charge is 0.483 e. The van der Waals surface area contributed by atoms with Crippen molar-refractivity contribution in [1.29, 1.82) is 0 Å². The maximum Gasteiger partial charge on any atom is 0.160 e. The molecule has 4 aliphatic rings. The van der Waals surface area contributed by atoms with Crippen LogP contribution in [0.15, 0.2) is 268 Å². The molecule has 0 saturated heterocycles. The summed E-state index contributed by atoms with van der Waals surface area (Å²) in [6.45, 7) is 0. The number of allylic oxidation sites excluding steroid dienone is 2. The third-order valence-electron chi connectivity index (χ3n) is 17.4. The Morgan fingerprint density at radius 1 is 0.354 bits per heavy atom. The van der Waals surface area contributed by atoms with E-state index >= 15 is 0 Å². The van der Waals surface area contributed by atoms with Crippen molar-refractivity contribution in [3.05, 3.63) is 283 Å². The first-order valence-electron chi connectivity index (χ1n) is 27.1. The van der Waals surface area contributed by atoms with Gasteiger partial charge in [0, 0.05) is 60.9 Å². The van der Waals surface area contributed by atoms with Gasteiger partial charge in [0.1, 0.15) is 34.2 Å². The Kier molecular flexibility index (Phi) is 8.62. The SMILES string of the molecule is C1=CC2Oc3c(cccc3N(c3ccccc3)c3cc4c(c5c3oc3ccccc35)-c3c(cc(N(c5ccccc5)c5cccc6c5oc5ccccc56)c5c3oc3ccccc35)C43c4ccccc4-c4ccccc43)C2C=C1. The molecule has 4 heterocycles. The number of ether oxygens (including phenoxy) is 1. The molecule has 0 amide bonds. The molecule has 2 unspecified atom stereocenters. The highest BCUT2D eigenvalue weighted by molar-refractivity contribution is 6.27. The molecular weight excluding hydrogens is 969 g/mol. The minimum atomic E-state index is -0.864. The third kappa shape index (κ3) is 5.64. The van der Waals surface area contributed by atoms with E-state index in [1.165, 1.54) is 22.3 Å². The van der Waals surface area contributed by atoms with Crippen LogP contribution in [0.3, 0.4) is 0 Å². The third-order valence-corrected chi connectivity index (χ3v) is 17.4. The van der Waals surface area contributed by atoms with Crippen LogP contribution in [0, 0.1) is 0 Å². The van der Waals surface area contributed by atoms with Crippen molar-refractivity contribution < 1.29 is 18.0 Å². The Morgan fingerprint density at radius 2 is 0.873 bits per heavy atom. The fraction of sp³-hybridized carbons (Fsp3) is 0.0411. The van der Waals surface area contributed by atoms with E-state index in [1.54, 1.807) is 0 Å². The van der Waals surface area contributed by atoms with Gasteiger partial charge in [-0.25, -0.2) is 0 Å². The van der Waals surface area contributed by atoms with Gasteiger partial charge >= 0.3 is 0 Å². The molecule has 1 spiro atoms. The summed E-state index contributed by atoms with van der Waals surface area (Å²) in [4.78, 5) is 4.79. The van der Waals surface area contributed by atoms with Gasteiger partial charge in [-0.05, 0) is 106 Å². The molecule has 11 aromatic carbocycles. The molecule has 3 aromatic heterocycles. The molecule has 79 heavy (non-hydrogen) atoms. The summed E-state index contributed by atoms with van der Waals surface area (Å²) < 4.78 is 29.0. The van der Waals surface area contributed by atoms with Gasteiger partial charge in [0.25, 0.3) is 0 Å². The zero-order valence-corrected chi connectivity index (χ0v) is 42.4. The lowest BCUT2D eigenvalue weighted by Crippen LogP contribution is -2.26. The summed E-state index contributed by atoms with van der Waals surface area (Å²) in [6, 6.07) is 83.0. The normalized spacial score (nSPS) is 15.9. The lowest BCUT2D eigenvalue weighted by atomic mass is 9.70. The van der Waals surface area contributed by atoms with E-state index in [9.17, 15) is 0 Å². The summed E-state index contributed by atoms with van der Waals surface area (Å²) in [5.41, 5.74) is 20.1. The predicted octanol–water partition coefficient (Wildman–Crippen LogP) is 19.6. The molecule has 14 aromatic rings. The quantitative estimate of drug-likeness (QED) is 0.165. The second-order valence-corrected chi connectivity index (χ2v) is 21.2. The van der Waals surface area contributed by atoms with E-state index < -0.39 is 5.41 Å². The van der Waals surface area contributed by atoms with Gasteiger partial charge in [0.2, 0.25) is 0 Å². The van der Waals surface area contributed by atoms with Crippen molar-refractivity contribution in [2.45, 2.75) is 17.4 Å². The minimum Gasteiger partial charge on any atom is -0.483 e. The fourth-order valence-corrected chi connectivity index (χ4v) is 14.3. The van der Waals surface area contributed by atoms with Crippen LogP contribution >= 0.6 is 0 Å². The first kappa shape index (κ1) is 42.9. The Morgan fingerprint density at radius 3 is 1.59 bits per heavy atom. The van der Waals surface area contributed by atoms with Crippen molar-refractivity contribution in [3.8, 4) is 28.0 Å². The van der Waals surface area contributed by atoms with Crippen LogP contribution < -0.4 is 14.5 Å². The molecule has 2 atom stereocenters. The lowest BCUT2D eigenvalue weighted by molar-refractivity contribution is 0.269. The van der Waals surface area contributed by atoms with Crippen molar-refractivity contribution in [2.24, 2.45) is 0 Å². The van der Waals surface area contributed by atoms with Crippen molar-refractivity contribution >= 4 is 99.9 Å². The van der Waals surface area contributed by atoms with Crippen molar-refractivity contribution in [2.75, 3.05) is 9.80 Å². The van der Waals surface area contributed by atoms with E-state index in [0.29, 0.717) is 0 Å². The number of hydrogen-bond donors (Lipinski definition) is 0. The Bertz CT molecular complexity index is 4940. The summed E-state index contributed by atoms with van der Waals surface area (Å²) in [7, 11) is 0. The van der Waals surface area contributed by atoms with Crippen LogP contribution in [0.5, 0.6) is 5.75 Å². The molecule has 0 fully saturated rings. The standard InChI is InChI=1S/C73H44N2O4/c1-3-21-43(22-4-1)74(57-35-19-31-49-47-27-9-15-37-61(47)76-69(49)57)59-41-56-68(72-65(59)51-29-11-17-39-63(51)79-72)67-55(73(56)53-33-13-7-25-45(53)46-26-8-14-34-54(46)73)42-60(71-66(67)52-30-12-18-40-64(52)78-71)75(44-23-5-2-6-24-44)58-36-20-32-50-48-28-10-16-38-62(48)77-70(50)58/h1-42,48,62H. The molecule has 0 saturated carbocycles. The maximum atomic E-state index is 7.56. The smallest absolute Gasteiger partial charge is 0.160 e. The monoisotopic (exact) mass is 1010 g/mol. The van der Waals surface area contributed by atoms with Crippen molar-refractivity contribution in [3.63, 3.8) is 0 Å². The van der Waals surface area contributed by atoms with E-state index in [1.807, 2.05) is 6.07 Å². The van der Waals surface area contributed by atoms with Gasteiger partial charge < -0.3 is 27.8 Å². The molecule has 1 aliphatic heterocycles. The van der Waals surface area contributed by atoms with Crippen LogP contribution in [0.1, 0.15) is 33.7 Å². The van der Waals surface area contributed by atoms with Gasteiger partial charge in [-0.3, -0.25) is 0 Å². The van der Waals surface area contributed by atoms with E-state index in [4.69, 9.17) is 18.0 Å². The maximum absolute atomic E-state index is 7.56. The molecular formula is C73H44N2O4. The molecule has 370 valence electrons. The van der Waals surface area contributed by atoms with Crippen LogP contribution in [-0.2, 0) is 5.41 Å². The number of benzene rings is 11. The second-order valence-electron chi connectivity index (χ2n) is 21.2. The summed E-state index contributed by atoms with van der Waals surface area (Å²) >= 11 is 0. The Labute approximate surface area is 453 Å². The molecule has 0 bridgehead atoms. The zero-order valence-electron chi connectivity index (χ0n) is 42.4. The van der Waals surface area contributed by atoms with Crippen LogP contribution in [-0.4, -0.2) is 6.10 Å². The second kappa shape index (κ2) is 15.9. The van der Waals surface area contributed by atoms with E-state index in [0.717, 1.165) is 134 Å². The van der Waals surface area contributed by atoms with Gasteiger partial charge in [0.05, 0.1) is 33.6 Å². The Hall–Kier alpha value is -10.3. The van der Waals surface area contributed by atoms with Crippen LogP contribution in [0.4, 0.5) is 34.1 Å². The number of nitrogens with zero attached hydrogens (tertiary/aromatic N) is 2. The highest BCUT2D eigenvalue weighted by Crippen LogP contribution is 2.68. The summed E-state index contributed by atoms with van der Waals surface area (Å²) in [5, 5.41) is 6.20. The van der Waals surface area contributed by atoms with E-state index in [-0.39, 0.29) is 12.0 Å². The Balaban J connectivity index is 1.03. The zero-order chi connectivity index (χ0) is 51.5. The molecule has 18 rings (SSSR count). The van der Waals surface area contributed by atoms with Gasteiger partial charge in [-0.15, -0.1) is 0 Å². The topological polar surface area (TPSA) is 55.1 Å². The van der Waals surface area contributed by atoms with Crippen LogP contribution in [0.2, 0.25) is 0 Å². The van der Waals surface area contributed by atoms with Gasteiger partial charge in [-0.2, -0.15) is 0 Å². The predicted molar refractivity (Wildman–Crippen MR) is 319 cm³/mol. The average molecular weight is 1010 g/mol. The summed E-state index contributed by atoms with van der Waals surface area (Å²) in [6.07, 6.45) is 8.56. The van der Waals surface area contributed by atoms with Crippen molar-refractivity contribution in [1.82, 2.24) is 0 Å². The van der Waals surface area contributed by atoms with Crippen LogP contribution in [0.25, 0.3) is 88.1 Å². The first-order chi connectivity index (χ1) is 39.2. The summed E-state index contributed by atoms with van der Waals surface area (Å²) in [5.74, 6) is 0.966. The van der Waals surface area contributed by atoms with Gasteiger partial charge in [0.15, 0.2) is 11.2 Å². The highest BCUT2D eigenvalue weighted by Gasteiger charge is 2.55. The number of para-hydroxylation sites is 7. The molecule has 3 aliphatic carbocycles. The van der Waals surface area contributed by atoms with E-state index in [2.05, 4.69) is 259 Å². The molecule has 6 nitrogen and oxygen atoms in total. The first-order valence-corrected chi connectivity index (χ1v) is 27.1. The average Bonchev–Trinajstić information content (AvgIpc) is 4.51. The number of furan rings is 3. The minimum absolute atomic E-state index is 0.0998. The molecule has 0 N–H and O–H groups in total. The fourth-order valence-electron chi connectivity index (χ4n) is 14.3. The number of anilines is 6. The number of hydrogen-bond acceptors (Lipinski definition) is 6. The highest BCUT2D eigenvalue weighted by atomic mass is 16.5. The van der Waals surface area contributed by atoms with Gasteiger partial charge in [-0.1, -0.05) is 182 Å². The number of rotatable bonds is 6.